The first-order valence-corrected chi connectivity index (χ1v) is 7.26. The Morgan fingerprint density at radius 1 is 1.30 bits per heavy atom. The van der Waals surface area contributed by atoms with E-state index in [1.165, 1.54) is 0 Å². The molecule has 2 rings (SSSR count). The average Bonchev–Trinajstić information content (AvgIpc) is 2.69. The van der Waals surface area contributed by atoms with E-state index in [9.17, 15) is 4.79 Å². The van der Waals surface area contributed by atoms with Gasteiger partial charge in [0.15, 0.2) is 0 Å². The quantitative estimate of drug-likeness (QED) is 0.679. The molecule has 2 unspecified atom stereocenters. The zero-order valence-electron chi connectivity index (χ0n) is 12.0. The molecule has 1 aliphatic carbocycles. The van der Waals surface area contributed by atoms with Gasteiger partial charge in [-0.15, -0.1) is 0 Å². The Bertz CT molecular complexity index is 447. The number of methoxy groups -OCH3 is 1. The molecule has 0 aromatic heterocycles. The number of benzene rings is 1. The summed E-state index contributed by atoms with van der Waals surface area (Å²) >= 11 is 0. The van der Waals surface area contributed by atoms with Gasteiger partial charge in [-0.3, -0.25) is 4.79 Å². The van der Waals surface area contributed by atoms with E-state index < -0.39 is 0 Å². The van der Waals surface area contributed by atoms with Gasteiger partial charge in [-0.1, -0.05) is 31.4 Å². The monoisotopic (exact) mass is 277 g/mol. The fourth-order valence-electron chi connectivity index (χ4n) is 2.65. The van der Waals surface area contributed by atoms with E-state index >= 15 is 0 Å². The van der Waals surface area contributed by atoms with Crippen molar-refractivity contribution in [2.45, 2.75) is 44.8 Å². The predicted octanol–water partition coefficient (Wildman–Crippen LogP) is 2.65. The van der Waals surface area contributed by atoms with Gasteiger partial charge in [0.2, 0.25) is 0 Å². The van der Waals surface area contributed by atoms with E-state index in [-0.39, 0.29) is 24.5 Å². The van der Waals surface area contributed by atoms with E-state index in [0.717, 1.165) is 43.4 Å². The van der Waals surface area contributed by atoms with Crippen LogP contribution in [-0.2, 0) is 16.1 Å². The molecule has 1 aromatic carbocycles. The molecule has 4 heteroatoms. The Labute approximate surface area is 120 Å². The lowest BCUT2D eigenvalue weighted by Gasteiger charge is -2.19. The van der Waals surface area contributed by atoms with Crippen molar-refractivity contribution in [2.24, 2.45) is 11.7 Å². The summed E-state index contributed by atoms with van der Waals surface area (Å²) in [5, 5.41) is 0. The highest BCUT2D eigenvalue weighted by Gasteiger charge is 2.28. The number of nitrogens with two attached hydrogens (primary N) is 1. The second-order valence-corrected chi connectivity index (χ2v) is 5.37. The van der Waals surface area contributed by atoms with Crippen LogP contribution in [0.3, 0.4) is 0 Å². The molecule has 2 N–H and O–H groups in total. The van der Waals surface area contributed by atoms with Crippen LogP contribution in [0.2, 0.25) is 0 Å². The molecular weight excluding hydrogens is 254 g/mol. The largest absolute Gasteiger partial charge is 0.497 e. The third-order valence-electron chi connectivity index (χ3n) is 3.89. The molecule has 1 saturated carbocycles. The molecule has 0 saturated heterocycles. The van der Waals surface area contributed by atoms with E-state index in [4.69, 9.17) is 15.2 Å². The summed E-state index contributed by atoms with van der Waals surface area (Å²) < 4.78 is 10.6. The van der Waals surface area contributed by atoms with Crippen molar-refractivity contribution in [3.63, 3.8) is 0 Å². The molecule has 20 heavy (non-hydrogen) atoms. The van der Waals surface area contributed by atoms with Crippen LogP contribution in [0.1, 0.15) is 37.7 Å². The maximum atomic E-state index is 12.2. The molecule has 1 fully saturated rings. The Balaban J connectivity index is 1.90. The minimum absolute atomic E-state index is 0.0599. The number of rotatable bonds is 4. The normalized spacial score (nSPS) is 22.9. The van der Waals surface area contributed by atoms with Crippen LogP contribution >= 0.6 is 0 Å². The van der Waals surface area contributed by atoms with Gasteiger partial charge in [0.05, 0.1) is 13.0 Å². The zero-order valence-corrected chi connectivity index (χ0v) is 12.0. The fraction of sp³-hybridized carbons (Fsp3) is 0.562. The molecule has 0 radical (unpaired) electrons. The van der Waals surface area contributed by atoms with Crippen LogP contribution in [0.4, 0.5) is 0 Å². The number of hydrogen-bond donors (Lipinski definition) is 1. The van der Waals surface area contributed by atoms with Crippen molar-refractivity contribution in [1.82, 2.24) is 0 Å². The fourth-order valence-corrected chi connectivity index (χ4v) is 2.65. The summed E-state index contributed by atoms with van der Waals surface area (Å²) in [6, 6.07) is 7.49. The minimum atomic E-state index is -0.165. The summed E-state index contributed by atoms with van der Waals surface area (Å²) in [5.74, 6) is 0.454. The number of hydrogen-bond acceptors (Lipinski definition) is 4. The first-order valence-electron chi connectivity index (χ1n) is 7.26. The lowest BCUT2D eigenvalue weighted by atomic mass is 9.96. The van der Waals surface area contributed by atoms with Crippen molar-refractivity contribution in [1.29, 1.82) is 0 Å². The van der Waals surface area contributed by atoms with E-state index in [0.29, 0.717) is 0 Å². The Kier molecular flexibility index (Phi) is 5.41. The van der Waals surface area contributed by atoms with Crippen molar-refractivity contribution < 1.29 is 14.3 Å². The molecule has 2 atom stereocenters. The minimum Gasteiger partial charge on any atom is -0.497 e. The first-order chi connectivity index (χ1) is 9.70. The second kappa shape index (κ2) is 7.29. The number of esters is 1. The van der Waals surface area contributed by atoms with E-state index in [1.54, 1.807) is 7.11 Å². The summed E-state index contributed by atoms with van der Waals surface area (Å²) in [5.41, 5.74) is 7.00. The van der Waals surface area contributed by atoms with Crippen molar-refractivity contribution in [2.75, 3.05) is 7.11 Å². The Hall–Kier alpha value is -1.55. The van der Waals surface area contributed by atoms with Gasteiger partial charge in [0.25, 0.3) is 0 Å². The van der Waals surface area contributed by atoms with Crippen molar-refractivity contribution in [3.05, 3.63) is 29.8 Å². The summed E-state index contributed by atoms with van der Waals surface area (Å²) in [6.07, 6.45) is 5.10. The highest BCUT2D eigenvalue weighted by atomic mass is 16.5. The molecule has 0 spiro atoms. The topological polar surface area (TPSA) is 61.5 Å². The van der Waals surface area contributed by atoms with Crippen LogP contribution in [0.5, 0.6) is 5.75 Å². The van der Waals surface area contributed by atoms with Crippen LogP contribution in [-0.4, -0.2) is 19.1 Å². The lowest BCUT2D eigenvalue weighted by molar-refractivity contribution is -0.150. The molecule has 0 aliphatic heterocycles. The summed E-state index contributed by atoms with van der Waals surface area (Å²) in [4.78, 5) is 12.2. The molecule has 4 nitrogen and oxygen atoms in total. The molecule has 110 valence electrons. The van der Waals surface area contributed by atoms with Gasteiger partial charge >= 0.3 is 5.97 Å². The number of carbonyl (C=O) groups excluding carboxylic acids is 1. The third-order valence-corrected chi connectivity index (χ3v) is 3.89. The first kappa shape index (κ1) is 14.9. The van der Waals surface area contributed by atoms with Gasteiger partial charge in [0.1, 0.15) is 12.4 Å². The van der Waals surface area contributed by atoms with Gasteiger partial charge in [-0.05, 0) is 30.5 Å². The van der Waals surface area contributed by atoms with E-state index in [2.05, 4.69) is 0 Å². The van der Waals surface area contributed by atoms with Gasteiger partial charge in [0, 0.05) is 6.04 Å². The second-order valence-electron chi connectivity index (χ2n) is 5.37. The maximum Gasteiger partial charge on any atom is 0.310 e. The van der Waals surface area contributed by atoms with Crippen LogP contribution in [0.25, 0.3) is 0 Å². The molecule has 1 aromatic rings. The standard InChI is InChI=1S/C16H23NO3/c1-19-13-7-5-6-12(10-13)11-20-16(18)14-8-3-2-4-9-15(14)17/h5-7,10,14-15H,2-4,8-9,11,17H2,1H3. The molecule has 1 aliphatic rings. The Morgan fingerprint density at radius 3 is 2.90 bits per heavy atom. The summed E-state index contributed by atoms with van der Waals surface area (Å²) in [6.45, 7) is 0.277. The van der Waals surface area contributed by atoms with Crippen molar-refractivity contribution in [3.8, 4) is 5.75 Å². The maximum absolute atomic E-state index is 12.2. The average molecular weight is 277 g/mol. The molecule has 0 amide bonds. The van der Waals surface area contributed by atoms with Gasteiger partial charge in [-0.25, -0.2) is 0 Å². The highest BCUT2D eigenvalue weighted by molar-refractivity contribution is 5.73. The van der Waals surface area contributed by atoms with Crippen LogP contribution in [0.15, 0.2) is 24.3 Å². The third kappa shape index (κ3) is 3.97. The predicted molar refractivity (Wildman–Crippen MR) is 77.3 cm³/mol. The molecule has 0 heterocycles. The molecular formula is C16H23NO3. The van der Waals surface area contributed by atoms with Crippen LogP contribution < -0.4 is 10.5 Å². The smallest absolute Gasteiger partial charge is 0.310 e. The van der Waals surface area contributed by atoms with Crippen LogP contribution in [0, 0.1) is 5.92 Å². The lowest BCUT2D eigenvalue weighted by Crippen LogP contribution is -2.35. The number of ether oxygens (including phenoxy) is 2. The highest BCUT2D eigenvalue weighted by Crippen LogP contribution is 2.24. The zero-order chi connectivity index (χ0) is 14.4. The Morgan fingerprint density at radius 2 is 2.10 bits per heavy atom. The summed E-state index contributed by atoms with van der Waals surface area (Å²) in [7, 11) is 1.62. The number of carbonyl (C=O) groups is 1. The van der Waals surface area contributed by atoms with Crippen molar-refractivity contribution >= 4 is 5.97 Å². The van der Waals surface area contributed by atoms with Gasteiger partial charge in [-0.2, -0.15) is 0 Å². The van der Waals surface area contributed by atoms with E-state index in [1.807, 2.05) is 24.3 Å². The van der Waals surface area contributed by atoms with Gasteiger partial charge < -0.3 is 15.2 Å². The SMILES string of the molecule is COc1cccc(COC(=O)C2CCCCCC2N)c1. The molecule has 0 bridgehead atoms.